The van der Waals surface area contributed by atoms with Crippen LogP contribution in [-0.4, -0.2) is 35.1 Å². The number of carbonyl (C=O) groups excluding carboxylic acids is 2. The first-order valence-corrected chi connectivity index (χ1v) is 9.18. The highest BCUT2D eigenvalue weighted by molar-refractivity contribution is 6.42. The molecule has 8 heteroatoms. The first kappa shape index (κ1) is 18.9. The summed E-state index contributed by atoms with van der Waals surface area (Å²) in [6.45, 7) is 3.95. The van der Waals surface area contributed by atoms with Gasteiger partial charge in [0.2, 0.25) is 0 Å². The number of ether oxygens (including phenoxy) is 2. The molecule has 0 fully saturated rings. The van der Waals surface area contributed by atoms with Gasteiger partial charge in [0.15, 0.2) is 0 Å². The lowest BCUT2D eigenvalue weighted by Crippen LogP contribution is -2.39. The first-order valence-electron chi connectivity index (χ1n) is 8.42. The molecule has 1 aromatic heterocycles. The van der Waals surface area contributed by atoms with Gasteiger partial charge < -0.3 is 9.47 Å². The van der Waals surface area contributed by atoms with Crippen molar-refractivity contribution in [3.05, 3.63) is 33.6 Å². The topological polar surface area (TPSA) is 78.4 Å². The zero-order valence-electron chi connectivity index (χ0n) is 14.4. The fraction of sp³-hybridized carbons (Fsp3) is 0.444. The average molecular weight is 397 g/mol. The van der Waals surface area contributed by atoms with Crippen molar-refractivity contribution in [3.8, 4) is 0 Å². The Morgan fingerprint density at radius 2 is 1.31 bits per heavy atom. The van der Waals surface area contributed by atoms with E-state index in [0.29, 0.717) is 32.5 Å². The third-order valence-corrected chi connectivity index (χ3v) is 5.07. The van der Waals surface area contributed by atoms with E-state index in [-0.39, 0.29) is 26.1 Å². The van der Waals surface area contributed by atoms with Gasteiger partial charge in [0.05, 0.1) is 57.5 Å². The molecular formula is C18H18Cl2N2O4. The number of halogens is 2. The number of fused-ring (bicyclic) bond motifs is 2. The zero-order valence-corrected chi connectivity index (χ0v) is 15.9. The molecule has 1 aliphatic carbocycles. The molecule has 0 spiro atoms. The van der Waals surface area contributed by atoms with E-state index in [1.807, 2.05) is 0 Å². The van der Waals surface area contributed by atoms with Crippen LogP contribution in [-0.2, 0) is 31.9 Å². The number of nitrogens with zero attached hydrogens (tertiary/aromatic N) is 2. The zero-order chi connectivity index (χ0) is 18.8. The van der Waals surface area contributed by atoms with Crippen molar-refractivity contribution in [2.24, 2.45) is 11.8 Å². The Hall–Kier alpha value is -1.92. The maximum Gasteiger partial charge on any atom is 0.310 e. The number of esters is 2. The summed E-state index contributed by atoms with van der Waals surface area (Å²) in [4.78, 5) is 33.9. The highest BCUT2D eigenvalue weighted by atomic mass is 35.5. The van der Waals surface area contributed by atoms with E-state index in [4.69, 9.17) is 32.7 Å². The van der Waals surface area contributed by atoms with E-state index in [1.54, 1.807) is 26.0 Å². The molecule has 0 radical (unpaired) electrons. The number of hydrogen-bond donors (Lipinski definition) is 0. The minimum Gasteiger partial charge on any atom is -0.466 e. The van der Waals surface area contributed by atoms with Crippen LogP contribution in [0.5, 0.6) is 0 Å². The molecule has 2 atom stereocenters. The summed E-state index contributed by atoms with van der Waals surface area (Å²) in [5.74, 6) is -2.13. The average Bonchev–Trinajstić information content (AvgIpc) is 2.60. The molecule has 1 aromatic carbocycles. The van der Waals surface area contributed by atoms with Crippen LogP contribution in [0.3, 0.4) is 0 Å². The number of rotatable bonds is 4. The van der Waals surface area contributed by atoms with E-state index in [2.05, 4.69) is 9.97 Å². The van der Waals surface area contributed by atoms with Gasteiger partial charge in [0.25, 0.3) is 0 Å². The maximum absolute atomic E-state index is 12.4. The Bertz CT molecular complexity index is 801. The van der Waals surface area contributed by atoms with E-state index in [9.17, 15) is 9.59 Å². The van der Waals surface area contributed by atoms with Crippen molar-refractivity contribution in [1.82, 2.24) is 9.97 Å². The molecule has 0 aliphatic heterocycles. The van der Waals surface area contributed by atoms with E-state index < -0.39 is 23.8 Å². The molecule has 0 saturated heterocycles. The van der Waals surface area contributed by atoms with E-state index in [0.717, 1.165) is 0 Å². The molecule has 2 aromatic rings. The summed E-state index contributed by atoms with van der Waals surface area (Å²) in [5.41, 5.74) is 2.51. The molecule has 0 bridgehead atoms. The van der Waals surface area contributed by atoms with Crippen LogP contribution in [0, 0.1) is 11.8 Å². The van der Waals surface area contributed by atoms with Crippen molar-refractivity contribution in [1.29, 1.82) is 0 Å². The van der Waals surface area contributed by atoms with Gasteiger partial charge in [-0.3, -0.25) is 9.59 Å². The standard InChI is InChI=1S/C18H18Cl2N2O4/c1-3-25-17(23)9-5-13-14(6-10(9)18(24)26-4-2)22-16-8-12(20)11(19)7-15(16)21-13/h7-10H,3-6H2,1-2H3/t9-,10-/m1/s1. The first-order chi connectivity index (χ1) is 12.4. The van der Waals surface area contributed by atoms with Crippen LogP contribution in [0.25, 0.3) is 11.0 Å². The van der Waals surface area contributed by atoms with Gasteiger partial charge in [0.1, 0.15) is 0 Å². The third-order valence-electron chi connectivity index (χ3n) is 4.35. The lowest BCUT2D eigenvalue weighted by Gasteiger charge is -2.29. The lowest BCUT2D eigenvalue weighted by atomic mass is 9.79. The van der Waals surface area contributed by atoms with Gasteiger partial charge in [-0.15, -0.1) is 0 Å². The summed E-state index contributed by atoms with van der Waals surface area (Å²) < 4.78 is 10.3. The highest BCUT2D eigenvalue weighted by Crippen LogP contribution is 2.33. The molecule has 0 N–H and O–H groups in total. The highest BCUT2D eigenvalue weighted by Gasteiger charge is 2.41. The number of hydrogen-bond acceptors (Lipinski definition) is 6. The Labute approximate surface area is 160 Å². The monoisotopic (exact) mass is 396 g/mol. The van der Waals surface area contributed by atoms with Crippen LogP contribution in [0.1, 0.15) is 25.2 Å². The van der Waals surface area contributed by atoms with Crippen LogP contribution >= 0.6 is 23.2 Å². The quantitative estimate of drug-likeness (QED) is 0.736. The molecule has 0 amide bonds. The number of aromatic nitrogens is 2. The van der Waals surface area contributed by atoms with Gasteiger partial charge in [-0.05, 0) is 26.0 Å². The molecule has 0 saturated carbocycles. The summed E-state index contributed by atoms with van der Waals surface area (Å²) >= 11 is 12.1. The molecule has 3 rings (SSSR count). The van der Waals surface area contributed by atoms with Crippen molar-refractivity contribution in [2.75, 3.05) is 13.2 Å². The van der Waals surface area contributed by atoms with Crippen molar-refractivity contribution in [3.63, 3.8) is 0 Å². The van der Waals surface area contributed by atoms with Crippen molar-refractivity contribution in [2.45, 2.75) is 26.7 Å². The molecule has 6 nitrogen and oxygen atoms in total. The van der Waals surface area contributed by atoms with Crippen molar-refractivity contribution >= 4 is 46.2 Å². The van der Waals surface area contributed by atoms with Gasteiger partial charge in [0, 0.05) is 12.8 Å². The van der Waals surface area contributed by atoms with Gasteiger partial charge in [-0.2, -0.15) is 0 Å². The Balaban J connectivity index is 2.03. The normalized spacial score (nSPS) is 19.1. The minimum absolute atomic E-state index is 0.245. The Morgan fingerprint density at radius 1 is 0.923 bits per heavy atom. The molecule has 138 valence electrons. The fourth-order valence-electron chi connectivity index (χ4n) is 3.15. The van der Waals surface area contributed by atoms with E-state index >= 15 is 0 Å². The summed E-state index contributed by atoms with van der Waals surface area (Å²) in [6.07, 6.45) is 0.529. The predicted molar refractivity (Wildman–Crippen MR) is 97.2 cm³/mol. The van der Waals surface area contributed by atoms with Gasteiger partial charge in [-0.25, -0.2) is 9.97 Å². The minimum atomic E-state index is -0.643. The van der Waals surface area contributed by atoms with Crippen LogP contribution < -0.4 is 0 Å². The predicted octanol–water partition coefficient (Wildman–Crippen LogP) is 3.39. The SMILES string of the molecule is CCOC(=O)[C@@H]1Cc2nc3cc(Cl)c(Cl)cc3nc2C[C@H]1C(=O)OCC. The van der Waals surface area contributed by atoms with Crippen molar-refractivity contribution < 1.29 is 19.1 Å². The fourth-order valence-corrected chi connectivity index (χ4v) is 3.46. The summed E-state index contributed by atoms with van der Waals surface area (Å²) in [6, 6.07) is 3.28. The largest absolute Gasteiger partial charge is 0.466 e. The van der Waals surface area contributed by atoms with Gasteiger partial charge in [-0.1, -0.05) is 23.2 Å². The van der Waals surface area contributed by atoms with Gasteiger partial charge >= 0.3 is 11.9 Å². The number of carbonyl (C=O) groups is 2. The summed E-state index contributed by atoms with van der Waals surface area (Å²) in [5, 5.41) is 0.770. The smallest absolute Gasteiger partial charge is 0.310 e. The molecule has 26 heavy (non-hydrogen) atoms. The number of benzene rings is 1. The molecule has 0 unspecified atom stereocenters. The third kappa shape index (κ3) is 3.62. The van der Waals surface area contributed by atoms with E-state index in [1.165, 1.54) is 0 Å². The molecule has 1 aliphatic rings. The second-order valence-electron chi connectivity index (χ2n) is 6.00. The Morgan fingerprint density at radius 3 is 1.65 bits per heavy atom. The molecule has 1 heterocycles. The summed E-state index contributed by atoms with van der Waals surface area (Å²) in [7, 11) is 0. The Kier molecular flexibility index (Phi) is 5.63. The van der Waals surface area contributed by atoms with Crippen LogP contribution in [0.4, 0.5) is 0 Å². The second-order valence-corrected chi connectivity index (χ2v) is 6.81. The van der Waals surface area contributed by atoms with Crippen LogP contribution in [0.2, 0.25) is 10.0 Å². The second kappa shape index (κ2) is 7.76. The lowest BCUT2D eigenvalue weighted by molar-refractivity contribution is -0.160. The molecular weight excluding hydrogens is 379 g/mol. The maximum atomic E-state index is 12.4. The van der Waals surface area contributed by atoms with Crippen LogP contribution in [0.15, 0.2) is 12.1 Å².